The third-order valence-electron chi connectivity index (χ3n) is 2.53. The summed E-state index contributed by atoms with van der Waals surface area (Å²) < 4.78 is 26.0. The van der Waals surface area contributed by atoms with Crippen molar-refractivity contribution in [3.8, 4) is 0 Å². The Morgan fingerprint density at radius 3 is 2.38 bits per heavy atom. The van der Waals surface area contributed by atoms with Crippen LogP contribution in [0.15, 0.2) is 0 Å². The van der Waals surface area contributed by atoms with Crippen LogP contribution in [0.2, 0.25) is 0 Å². The quantitative estimate of drug-likeness (QED) is 0.343. The zero-order chi connectivity index (χ0) is 15.8. The molecule has 0 rings (SSSR count). The lowest BCUT2D eigenvalue weighted by atomic mass is 10.4. The highest BCUT2D eigenvalue weighted by Crippen LogP contribution is 1.93. The highest BCUT2D eigenvalue weighted by molar-refractivity contribution is 5.69. The Bertz CT molecular complexity index is 240. The van der Waals surface area contributed by atoms with Gasteiger partial charge in [0.1, 0.15) is 0 Å². The van der Waals surface area contributed by atoms with Crippen LogP contribution in [0, 0.1) is 0 Å². The van der Waals surface area contributed by atoms with Crippen molar-refractivity contribution in [2.24, 2.45) is 0 Å². The third kappa shape index (κ3) is 15.5. The van der Waals surface area contributed by atoms with Gasteiger partial charge in [-0.1, -0.05) is 0 Å². The summed E-state index contributed by atoms with van der Waals surface area (Å²) in [6, 6.07) is 0. The minimum absolute atomic E-state index is 0.00603. The van der Waals surface area contributed by atoms with E-state index in [9.17, 15) is 4.79 Å². The van der Waals surface area contributed by atoms with Crippen molar-refractivity contribution in [1.29, 1.82) is 0 Å². The van der Waals surface area contributed by atoms with Gasteiger partial charge in [0.15, 0.2) is 0 Å². The van der Waals surface area contributed by atoms with Gasteiger partial charge in [-0.25, -0.2) is 0 Å². The van der Waals surface area contributed by atoms with E-state index in [1.807, 2.05) is 14.0 Å². The number of ether oxygens (including phenoxy) is 5. The molecule has 0 bridgehead atoms. The number of hydrogen-bond acceptors (Lipinski definition) is 7. The van der Waals surface area contributed by atoms with E-state index in [0.29, 0.717) is 46.2 Å². The maximum atomic E-state index is 10.8. The van der Waals surface area contributed by atoms with Gasteiger partial charge in [0.2, 0.25) is 0 Å². The summed E-state index contributed by atoms with van der Waals surface area (Å²) in [5.74, 6) is -0.269. The average Bonchev–Trinajstić information content (AvgIpc) is 2.49. The molecule has 7 heteroatoms. The first-order chi connectivity index (χ1) is 10.2. The molecule has 126 valence electrons. The lowest BCUT2D eigenvalue weighted by Crippen LogP contribution is -2.21. The van der Waals surface area contributed by atoms with E-state index in [1.165, 1.54) is 7.11 Å². The summed E-state index contributed by atoms with van der Waals surface area (Å²) in [6.07, 6.45) is 0.273. The molecule has 0 aliphatic carbocycles. The molecule has 0 aromatic heterocycles. The van der Waals surface area contributed by atoms with Crippen molar-refractivity contribution < 1.29 is 28.5 Å². The summed E-state index contributed by atoms with van der Waals surface area (Å²) in [5, 5.41) is 3.00. The third-order valence-corrected chi connectivity index (χ3v) is 2.53. The summed E-state index contributed by atoms with van der Waals surface area (Å²) in [6.45, 7) is 6.43. The minimum Gasteiger partial charge on any atom is -0.469 e. The SMILES string of the molecule is CNCCOCCOC[C@@H](C)OCCOCCC(=O)OC. The van der Waals surface area contributed by atoms with Crippen LogP contribution < -0.4 is 5.32 Å². The first-order valence-electron chi connectivity index (χ1n) is 7.27. The zero-order valence-corrected chi connectivity index (χ0v) is 13.4. The Hall–Kier alpha value is -0.730. The molecule has 0 heterocycles. The molecular weight excluding hydrogens is 278 g/mol. The number of likely N-dealkylation sites (N-methyl/N-ethyl adjacent to an activating group) is 1. The summed E-state index contributed by atoms with van der Waals surface area (Å²) in [7, 11) is 3.25. The van der Waals surface area contributed by atoms with Gasteiger partial charge < -0.3 is 29.0 Å². The maximum absolute atomic E-state index is 10.8. The number of nitrogens with one attached hydrogen (secondary N) is 1. The predicted molar refractivity (Wildman–Crippen MR) is 78.4 cm³/mol. The molecule has 0 amide bonds. The monoisotopic (exact) mass is 307 g/mol. The molecule has 0 saturated carbocycles. The van der Waals surface area contributed by atoms with E-state index in [2.05, 4.69) is 10.1 Å². The van der Waals surface area contributed by atoms with Gasteiger partial charge in [-0.05, 0) is 14.0 Å². The second-order valence-electron chi connectivity index (χ2n) is 4.41. The Balaban J connectivity index is 3.19. The van der Waals surface area contributed by atoms with Crippen LogP contribution in [0.25, 0.3) is 0 Å². The average molecular weight is 307 g/mol. The van der Waals surface area contributed by atoms with E-state index in [4.69, 9.17) is 18.9 Å². The lowest BCUT2D eigenvalue weighted by molar-refractivity contribution is -0.142. The first kappa shape index (κ1) is 20.3. The van der Waals surface area contributed by atoms with E-state index < -0.39 is 0 Å². The van der Waals surface area contributed by atoms with Crippen molar-refractivity contribution in [3.05, 3.63) is 0 Å². The maximum Gasteiger partial charge on any atom is 0.307 e. The van der Waals surface area contributed by atoms with Gasteiger partial charge >= 0.3 is 5.97 Å². The molecule has 0 radical (unpaired) electrons. The molecule has 1 N–H and O–H groups in total. The summed E-state index contributed by atoms with van der Waals surface area (Å²) >= 11 is 0. The van der Waals surface area contributed by atoms with Crippen molar-refractivity contribution in [2.75, 3.05) is 67.0 Å². The van der Waals surface area contributed by atoms with Crippen LogP contribution >= 0.6 is 0 Å². The predicted octanol–water partition coefficient (Wildman–Crippen LogP) is 0.224. The second-order valence-corrected chi connectivity index (χ2v) is 4.41. The molecular formula is C14H29NO6. The number of carbonyl (C=O) groups excluding carboxylic acids is 1. The normalized spacial score (nSPS) is 12.3. The molecule has 0 aliphatic rings. The fraction of sp³-hybridized carbons (Fsp3) is 0.929. The molecule has 0 aromatic carbocycles. The van der Waals surface area contributed by atoms with Gasteiger partial charge in [-0.15, -0.1) is 0 Å². The van der Waals surface area contributed by atoms with Gasteiger partial charge in [0.05, 0.1) is 65.9 Å². The van der Waals surface area contributed by atoms with Gasteiger partial charge in [-0.3, -0.25) is 4.79 Å². The first-order valence-corrected chi connectivity index (χ1v) is 7.27. The molecule has 0 spiro atoms. The second kappa shape index (κ2) is 15.7. The number of esters is 1. The molecule has 0 aliphatic heterocycles. The van der Waals surface area contributed by atoms with Crippen LogP contribution in [0.3, 0.4) is 0 Å². The van der Waals surface area contributed by atoms with Crippen LogP contribution in [-0.4, -0.2) is 79.0 Å². The number of hydrogen-bond donors (Lipinski definition) is 1. The van der Waals surface area contributed by atoms with E-state index in [1.54, 1.807) is 0 Å². The lowest BCUT2D eigenvalue weighted by Gasteiger charge is -2.13. The van der Waals surface area contributed by atoms with Crippen molar-refractivity contribution in [1.82, 2.24) is 5.32 Å². The number of rotatable bonds is 15. The van der Waals surface area contributed by atoms with E-state index >= 15 is 0 Å². The highest BCUT2D eigenvalue weighted by Gasteiger charge is 2.03. The summed E-state index contributed by atoms with van der Waals surface area (Å²) in [5.41, 5.74) is 0. The van der Waals surface area contributed by atoms with Crippen LogP contribution in [-0.2, 0) is 28.5 Å². The minimum atomic E-state index is -0.269. The molecule has 0 fully saturated rings. The zero-order valence-electron chi connectivity index (χ0n) is 13.4. The fourth-order valence-electron chi connectivity index (χ4n) is 1.36. The van der Waals surface area contributed by atoms with Crippen molar-refractivity contribution >= 4 is 5.97 Å². The van der Waals surface area contributed by atoms with Crippen LogP contribution in [0.1, 0.15) is 13.3 Å². The van der Waals surface area contributed by atoms with Crippen molar-refractivity contribution in [3.63, 3.8) is 0 Å². The molecule has 0 aromatic rings. The Morgan fingerprint density at radius 1 is 1.00 bits per heavy atom. The molecule has 21 heavy (non-hydrogen) atoms. The van der Waals surface area contributed by atoms with Crippen molar-refractivity contribution in [2.45, 2.75) is 19.4 Å². The standard InChI is InChI=1S/C14H29NO6/c1-13(12-20-9-8-19-7-5-15-2)21-11-10-18-6-4-14(16)17-3/h13,15H,4-12H2,1-3H3/t13-/m1/s1. The topological polar surface area (TPSA) is 75.3 Å². The Kier molecular flexibility index (Phi) is 15.1. The largest absolute Gasteiger partial charge is 0.469 e. The number of carbonyl (C=O) groups is 1. The molecule has 7 nitrogen and oxygen atoms in total. The summed E-state index contributed by atoms with van der Waals surface area (Å²) in [4.78, 5) is 10.8. The molecule has 1 atom stereocenters. The van der Waals surface area contributed by atoms with E-state index in [-0.39, 0.29) is 18.5 Å². The van der Waals surface area contributed by atoms with Crippen LogP contribution in [0.5, 0.6) is 0 Å². The molecule has 0 saturated heterocycles. The van der Waals surface area contributed by atoms with Gasteiger partial charge in [0, 0.05) is 6.54 Å². The van der Waals surface area contributed by atoms with Crippen LogP contribution in [0.4, 0.5) is 0 Å². The fourth-order valence-corrected chi connectivity index (χ4v) is 1.36. The van der Waals surface area contributed by atoms with Gasteiger partial charge in [-0.2, -0.15) is 0 Å². The van der Waals surface area contributed by atoms with Gasteiger partial charge in [0.25, 0.3) is 0 Å². The number of methoxy groups -OCH3 is 1. The van der Waals surface area contributed by atoms with E-state index in [0.717, 1.165) is 6.54 Å². The Labute approximate surface area is 127 Å². The highest BCUT2D eigenvalue weighted by atomic mass is 16.6. The molecule has 0 unspecified atom stereocenters. The smallest absolute Gasteiger partial charge is 0.307 e. The Morgan fingerprint density at radius 2 is 1.67 bits per heavy atom.